The van der Waals surface area contributed by atoms with Crippen LogP contribution in [0.25, 0.3) is 0 Å². The first-order chi connectivity index (χ1) is 15.3. The summed E-state index contributed by atoms with van der Waals surface area (Å²) in [5.74, 6) is 1.14. The molecule has 3 N–H and O–H groups in total. The van der Waals surface area contributed by atoms with E-state index in [2.05, 4.69) is 10.6 Å². The molecule has 1 heterocycles. The molecule has 5 fully saturated rings. The maximum absolute atomic E-state index is 13.8. The highest BCUT2D eigenvalue weighted by Gasteiger charge is 2.55. The summed E-state index contributed by atoms with van der Waals surface area (Å²) in [6.45, 7) is 0. The minimum absolute atomic E-state index is 0.00577. The zero-order valence-electron chi connectivity index (χ0n) is 18.7. The number of benzene rings is 1. The van der Waals surface area contributed by atoms with Crippen molar-refractivity contribution in [3.8, 4) is 5.75 Å². The topological polar surface area (TPSA) is 87.7 Å². The van der Waals surface area contributed by atoms with E-state index in [1.54, 1.807) is 12.1 Å². The van der Waals surface area contributed by atoms with Gasteiger partial charge in [-0.2, -0.15) is 0 Å². The third kappa shape index (κ3) is 4.12. The molecule has 5 aliphatic rings. The van der Waals surface area contributed by atoms with Gasteiger partial charge in [0.1, 0.15) is 0 Å². The Morgan fingerprint density at radius 3 is 2.66 bits per heavy atom. The van der Waals surface area contributed by atoms with Gasteiger partial charge in [-0.25, -0.2) is 4.39 Å². The lowest BCUT2D eigenvalue weighted by molar-refractivity contribution is -0.146. The molecular weight excluding hydrogens is 411 g/mol. The largest absolute Gasteiger partial charge is 0.494 e. The van der Waals surface area contributed by atoms with E-state index in [9.17, 15) is 19.1 Å². The number of halogens is 1. The fourth-order valence-corrected chi connectivity index (χ4v) is 7.21. The Kier molecular flexibility index (Phi) is 5.43. The van der Waals surface area contributed by atoms with E-state index in [4.69, 9.17) is 4.74 Å². The second-order valence-electron chi connectivity index (χ2n) is 10.8. The van der Waals surface area contributed by atoms with Crippen LogP contribution in [0.1, 0.15) is 63.4 Å². The highest BCUT2D eigenvalue weighted by Crippen LogP contribution is 2.55. The predicted octanol–water partition coefficient (Wildman–Crippen LogP) is 2.86. The summed E-state index contributed by atoms with van der Waals surface area (Å²) in [7, 11) is 1.43. The van der Waals surface area contributed by atoms with E-state index in [0.29, 0.717) is 49.9 Å². The monoisotopic (exact) mass is 444 g/mol. The number of amides is 2. The first-order valence-electron chi connectivity index (χ1n) is 11.9. The molecule has 174 valence electrons. The molecule has 2 amide bonds. The predicted molar refractivity (Wildman–Crippen MR) is 116 cm³/mol. The second-order valence-corrected chi connectivity index (χ2v) is 10.8. The van der Waals surface area contributed by atoms with Crippen molar-refractivity contribution in [2.75, 3.05) is 7.11 Å². The molecular formula is C25H33FN2O4. The van der Waals surface area contributed by atoms with Crippen molar-refractivity contribution in [2.24, 2.45) is 17.8 Å². The molecule has 4 aliphatic carbocycles. The van der Waals surface area contributed by atoms with Crippen LogP contribution in [0.3, 0.4) is 0 Å². The Morgan fingerprint density at radius 2 is 2.03 bits per heavy atom. The number of methoxy groups -OCH3 is 1. The first-order valence-corrected chi connectivity index (χ1v) is 11.9. The molecule has 0 radical (unpaired) electrons. The van der Waals surface area contributed by atoms with Gasteiger partial charge >= 0.3 is 0 Å². The summed E-state index contributed by atoms with van der Waals surface area (Å²) in [6, 6.07) is 4.92. The van der Waals surface area contributed by atoms with E-state index in [0.717, 1.165) is 37.7 Å². The van der Waals surface area contributed by atoms with Crippen LogP contribution in [0.4, 0.5) is 4.39 Å². The highest BCUT2D eigenvalue weighted by atomic mass is 19.1. The van der Waals surface area contributed by atoms with Crippen molar-refractivity contribution in [1.82, 2.24) is 10.6 Å². The van der Waals surface area contributed by atoms with Gasteiger partial charge in [0.2, 0.25) is 11.8 Å². The fourth-order valence-electron chi connectivity index (χ4n) is 7.21. The lowest BCUT2D eigenvalue weighted by Gasteiger charge is -2.58. The lowest BCUT2D eigenvalue weighted by atomic mass is 9.52. The third-order valence-corrected chi connectivity index (χ3v) is 8.39. The molecule has 0 spiro atoms. The summed E-state index contributed by atoms with van der Waals surface area (Å²) in [5, 5.41) is 17.2. The Bertz CT molecular complexity index is 905. The van der Waals surface area contributed by atoms with Crippen LogP contribution < -0.4 is 15.4 Å². The number of aliphatic hydroxyl groups is 1. The van der Waals surface area contributed by atoms with Gasteiger partial charge in [-0.15, -0.1) is 0 Å². The maximum Gasteiger partial charge on any atom is 0.220 e. The van der Waals surface area contributed by atoms with E-state index >= 15 is 0 Å². The molecule has 3 atom stereocenters. The molecule has 0 aromatic heterocycles. The molecule has 1 saturated heterocycles. The van der Waals surface area contributed by atoms with Crippen LogP contribution in [0.2, 0.25) is 0 Å². The van der Waals surface area contributed by atoms with E-state index in [-0.39, 0.29) is 23.6 Å². The Balaban J connectivity index is 1.23. The number of carbonyl (C=O) groups excluding carboxylic acids is 2. The van der Waals surface area contributed by atoms with Gasteiger partial charge in [-0.3, -0.25) is 9.59 Å². The van der Waals surface area contributed by atoms with Gasteiger partial charge in [0.25, 0.3) is 0 Å². The van der Waals surface area contributed by atoms with Crippen molar-refractivity contribution >= 4 is 11.8 Å². The third-order valence-electron chi connectivity index (χ3n) is 8.39. The molecule has 4 bridgehead atoms. The van der Waals surface area contributed by atoms with Crippen LogP contribution >= 0.6 is 0 Å². The molecule has 1 aromatic carbocycles. The average molecular weight is 445 g/mol. The molecule has 4 saturated carbocycles. The number of carbonyl (C=O) groups is 2. The summed E-state index contributed by atoms with van der Waals surface area (Å²) in [6.07, 6.45) is 7.25. The molecule has 32 heavy (non-hydrogen) atoms. The summed E-state index contributed by atoms with van der Waals surface area (Å²) in [4.78, 5) is 25.0. The second kappa shape index (κ2) is 8.01. The van der Waals surface area contributed by atoms with Gasteiger partial charge in [0, 0.05) is 24.4 Å². The maximum atomic E-state index is 13.8. The van der Waals surface area contributed by atoms with E-state index in [1.165, 1.54) is 13.2 Å². The van der Waals surface area contributed by atoms with Crippen molar-refractivity contribution in [3.05, 3.63) is 29.6 Å². The smallest absolute Gasteiger partial charge is 0.220 e. The first kappa shape index (κ1) is 21.7. The van der Waals surface area contributed by atoms with Gasteiger partial charge in [0.05, 0.1) is 12.7 Å². The lowest BCUT2D eigenvalue weighted by Crippen LogP contribution is -2.61. The van der Waals surface area contributed by atoms with Crippen molar-refractivity contribution < 1.29 is 23.8 Å². The van der Waals surface area contributed by atoms with Gasteiger partial charge in [-0.05, 0) is 86.8 Å². The standard InChI is InChI=1S/C25H33FN2O4/c1-32-20-10-15(2-3-19(20)26)11-24(7-5-22(30)28-24)6-4-21(29)27-23-17-8-16-9-18(23)14-25(31,12-16)13-17/h2-3,10,16-18,23,31H,4-9,11-14H2,1H3,(H,27,29)(H,28,30)/t16?,17-,18-,23?,24-,25?/m0/s1. The van der Waals surface area contributed by atoms with E-state index in [1.807, 2.05) is 0 Å². The quantitative estimate of drug-likeness (QED) is 0.604. The molecule has 6 nitrogen and oxygen atoms in total. The molecule has 0 unspecified atom stereocenters. The average Bonchev–Trinajstić information content (AvgIpc) is 3.10. The highest BCUT2D eigenvalue weighted by molar-refractivity contribution is 5.80. The Hall–Kier alpha value is -2.15. The Labute approximate surface area is 188 Å². The van der Waals surface area contributed by atoms with Crippen LogP contribution in [0.5, 0.6) is 5.75 Å². The van der Waals surface area contributed by atoms with Crippen molar-refractivity contribution in [3.63, 3.8) is 0 Å². The molecule has 1 aliphatic heterocycles. The number of ether oxygens (including phenoxy) is 1. The van der Waals surface area contributed by atoms with Crippen LogP contribution in [0, 0.1) is 23.6 Å². The van der Waals surface area contributed by atoms with Gasteiger partial charge in [-0.1, -0.05) is 6.07 Å². The number of hydrogen-bond donors (Lipinski definition) is 3. The van der Waals surface area contributed by atoms with Gasteiger partial charge < -0.3 is 20.5 Å². The normalized spacial score (nSPS) is 37.4. The fraction of sp³-hybridized carbons (Fsp3) is 0.680. The van der Waals surface area contributed by atoms with Crippen molar-refractivity contribution in [2.45, 2.75) is 81.4 Å². The summed E-state index contributed by atoms with van der Waals surface area (Å²) in [5.41, 5.74) is -0.136. The molecule has 1 aromatic rings. The number of rotatable bonds is 7. The van der Waals surface area contributed by atoms with Crippen LogP contribution in [-0.2, 0) is 16.0 Å². The minimum Gasteiger partial charge on any atom is -0.494 e. The SMILES string of the molecule is COc1cc(C[C@]2(CCC(=O)NC3[C@H]4CC5C[C@H]3CC(O)(C5)C4)CCC(=O)N2)ccc1F. The molecule has 6 rings (SSSR count). The van der Waals surface area contributed by atoms with Gasteiger partial charge in [0.15, 0.2) is 11.6 Å². The van der Waals surface area contributed by atoms with Crippen LogP contribution in [-0.4, -0.2) is 41.2 Å². The number of nitrogens with one attached hydrogen (secondary N) is 2. The van der Waals surface area contributed by atoms with E-state index < -0.39 is 17.0 Å². The molecule has 7 heteroatoms. The Morgan fingerprint density at radius 1 is 1.28 bits per heavy atom. The summed E-state index contributed by atoms with van der Waals surface area (Å²) >= 11 is 0. The number of hydrogen-bond acceptors (Lipinski definition) is 4. The zero-order valence-corrected chi connectivity index (χ0v) is 18.7. The summed E-state index contributed by atoms with van der Waals surface area (Å²) < 4.78 is 18.9. The zero-order chi connectivity index (χ0) is 22.5. The van der Waals surface area contributed by atoms with Crippen LogP contribution in [0.15, 0.2) is 18.2 Å². The van der Waals surface area contributed by atoms with Crippen molar-refractivity contribution in [1.29, 1.82) is 0 Å². The minimum atomic E-state index is -0.508.